The van der Waals surface area contributed by atoms with Crippen molar-refractivity contribution in [2.24, 2.45) is 11.8 Å². The van der Waals surface area contributed by atoms with Crippen LogP contribution in [-0.2, 0) is 41.6 Å². The summed E-state index contributed by atoms with van der Waals surface area (Å²) in [4.78, 5) is 75.3. The van der Waals surface area contributed by atoms with Gasteiger partial charge < -0.3 is 69.2 Å². The van der Waals surface area contributed by atoms with E-state index in [9.17, 15) is 49.2 Å². The van der Waals surface area contributed by atoms with E-state index in [-0.39, 0.29) is 64.9 Å². The third-order valence-electron chi connectivity index (χ3n) is 9.01. The zero-order chi connectivity index (χ0) is 46.7. The van der Waals surface area contributed by atoms with E-state index in [1.165, 1.54) is 14.7 Å². The van der Waals surface area contributed by atoms with E-state index < -0.39 is 61.7 Å². The molecule has 0 spiro atoms. The van der Waals surface area contributed by atoms with Crippen LogP contribution in [0.15, 0.2) is 36.4 Å². The fourth-order valence-corrected chi connectivity index (χ4v) is 5.96. The number of hydrogen-bond acceptors (Lipinski definition) is 17. The lowest BCUT2D eigenvalue weighted by Crippen LogP contribution is -2.50. The molecule has 0 bridgehead atoms. The Morgan fingerprint density at radius 1 is 0.540 bits per heavy atom. The number of nitrogens with zero attached hydrogens (tertiary/aromatic N) is 3. The molecule has 63 heavy (non-hydrogen) atoms. The van der Waals surface area contributed by atoms with E-state index in [1.54, 1.807) is 18.2 Å². The highest BCUT2D eigenvalue weighted by Crippen LogP contribution is 2.26. The minimum absolute atomic E-state index is 0.0484. The average Bonchev–Trinajstić information content (AvgIpc) is 3.19. The Bertz CT molecular complexity index is 1760. The topological polar surface area (TPSA) is 265 Å². The minimum atomic E-state index is -1.47. The van der Waals surface area contributed by atoms with Crippen LogP contribution in [0, 0.1) is 11.8 Å². The SMILES string of the molecule is CCc1cc(OCC(C)C)ccc1OCCCNC(=O)CN(CCN(CCN(CC(=O)[O-])CC(=O)NCCCOc1ccc(OCC(C)C)cc1CC(=O)[O-])CC(=O)[O-])CC(=O)[O-]. The first-order valence-corrected chi connectivity index (χ1v) is 21.2. The molecule has 352 valence electrons. The van der Waals surface area contributed by atoms with Crippen LogP contribution in [0.4, 0.5) is 0 Å². The zero-order valence-corrected chi connectivity index (χ0v) is 37.1. The highest BCUT2D eigenvalue weighted by atomic mass is 16.5. The number of nitrogens with one attached hydrogen (secondary N) is 2. The molecule has 2 amide bonds. The summed E-state index contributed by atoms with van der Waals surface area (Å²) in [6, 6.07) is 10.5. The summed E-state index contributed by atoms with van der Waals surface area (Å²) in [5.74, 6) is -3.71. The Hall–Kier alpha value is -5.66. The first-order valence-electron chi connectivity index (χ1n) is 21.2. The van der Waals surface area contributed by atoms with Gasteiger partial charge in [0.1, 0.15) is 23.0 Å². The summed E-state index contributed by atoms with van der Waals surface area (Å²) < 4.78 is 23.1. The number of carboxylic acids is 4. The van der Waals surface area contributed by atoms with Gasteiger partial charge in [-0.15, -0.1) is 0 Å². The van der Waals surface area contributed by atoms with Crippen molar-refractivity contribution in [1.82, 2.24) is 25.3 Å². The molecule has 2 rings (SSSR count). The number of benzene rings is 2. The van der Waals surface area contributed by atoms with Crippen molar-refractivity contribution in [2.45, 2.75) is 60.3 Å². The second-order valence-corrected chi connectivity index (χ2v) is 15.8. The molecular weight excluding hydrogens is 823 g/mol. The second-order valence-electron chi connectivity index (χ2n) is 15.8. The summed E-state index contributed by atoms with van der Waals surface area (Å²) >= 11 is 0. The number of carbonyl (C=O) groups is 6. The normalized spacial score (nSPS) is 11.3. The van der Waals surface area contributed by atoms with E-state index in [2.05, 4.69) is 24.5 Å². The smallest absolute Gasteiger partial charge is 0.234 e. The molecule has 0 aliphatic heterocycles. The number of aliphatic carboxylic acids is 4. The van der Waals surface area contributed by atoms with Crippen LogP contribution >= 0.6 is 0 Å². The lowest BCUT2D eigenvalue weighted by molar-refractivity contribution is -0.308. The molecule has 0 saturated heterocycles. The van der Waals surface area contributed by atoms with E-state index >= 15 is 0 Å². The fraction of sp³-hybridized carbons (Fsp3) is 0.591. The van der Waals surface area contributed by atoms with E-state index in [4.69, 9.17) is 18.9 Å². The van der Waals surface area contributed by atoms with Crippen LogP contribution in [0.3, 0.4) is 0 Å². The number of aryl methyl sites for hydroxylation is 1. The molecule has 0 atom stereocenters. The van der Waals surface area contributed by atoms with Crippen molar-refractivity contribution in [3.63, 3.8) is 0 Å². The molecule has 0 aromatic heterocycles. The molecule has 19 heteroatoms. The lowest BCUT2D eigenvalue weighted by atomic mass is 10.1. The molecule has 0 aliphatic rings. The van der Waals surface area contributed by atoms with Gasteiger partial charge in [-0.2, -0.15) is 0 Å². The molecule has 0 fully saturated rings. The maximum atomic E-state index is 12.8. The summed E-state index contributed by atoms with van der Waals surface area (Å²) in [5, 5.41) is 51.3. The van der Waals surface area contributed by atoms with E-state index in [0.29, 0.717) is 61.4 Å². The van der Waals surface area contributed by atoms with Crippen molar-refractivity contribution < 1.29 is 68.1 Å². The zero-order valence-electron chi connectivity index (χ0n) is 37.1. The van der Waals surface area contributed by atoms with Crippen LogP contribution < -0.4 is 50.0 Å². The first kappa shape index (κ1) is 53.5. The maximum Gasteiger partial charge on any atom is 0.234 e. The van der Waals surface area contributed by atoms with Gasteiger partial charge in [0.15, 0.2) is 0 Å². The van der Waals surface area contributed by atoms with Gasteiger partial charge in [-0.05, 0) is 73.1 Å². The third-order valence-corrected chi connectivity index (χ3v) is 9.01. The molecule has 0 radical (unpaired) electrons. The summed E-state index contributed by atoms with van der Waals surface area (Å²) in [6.45, 7) is 9.15. The number of ether oxygens (including phenoxy) is 4. The highest BCUT2D eigenvalue weighted by molar-refractivity contribution is 5.79. The van der Waals surface area contributed by atoms with Gasteiger partial charge in [0.2, 0.25) is 11.8 Å². The van der Waals surface area contributed by atoms with Crippen LogP contribution in [0.5, 0.6) is 23.0 Å². The summed E-state index contributed by atoms with van der Waals surface area (Å²) in [7, 11) is 0. The van der Waals surface area contributed by atoms with Gasteiger partial charge in [-0.3, -0.25) is 24.3 Å². The van der Waals surface area contributed by atoms with Crippen molar-refractivity contribution in [3.8, 4) is 23.0 Å². The predicted octanol–water partition coefficient (Wildman–Crippen LogP) is -2.76. The van der Waals surface area contributed by atoms with Crippen LogP contribution in [-0.4, -0.2) is 149 Å². The average molecular weight is 886 g/mol. The molecule has 0 saturated carbocycles. The largest absolute Gasteiger partial charge is 0.550 e. The minimum Gasteiger partial charge on any atom is -0.550 e. The van der Waals surface area contributed by atoms with Gasteiger partial charge in [-0.25, -0.2) is 0 Å². The molecular formula is C44H63N5O14-4. The Balaban J connectivity index is 1.86. The van der Waals surface area contributed by atoms with Gasteiger partial charge in [0.25, 0.3) is 0 Å². The Morgan fingerprint density at radius 2 is 0.937 bits per heavy atom. The third kappa shape index (κ3) is 24.5. The van der Waals surface area contributed by atoms with Crippen LogP contribution in [0.2, 0.25) is 0 Å². The molecule has 2 aromatic rings. The number of amides is 2. The molecule has 0 unspecified atom stereocenters. The standard InChI is InChI=1S/C44H67N5O14/c1-6-33-21-35(62-29-31(2)3)9-11-37(33)60-19-7-13-45-39(50)24-48(27-43(56)57)17-15-47(26-42(54)55)16-18-49(28-44(58)59)25-40(51)46-14-8-20-61-38-12-10-36(63-30-32(4)5)22-34(38)23-41(52)53/h9-12,21-22,31-32H,6-8,13-20,23-30H2,1-5H3,(H,45,50)(H,46,51)(H,52,53)(H,54,55)(H,56,57)(H,58,59)/p-4. The Kier molecular flexibility index (Phi) is 25.1. The summed E-state index contributed by atoms with van der Waals surface area (Å²) in [6.07, 6.45) is 1.13. The molecule has 0 aliphatic carbocycles. The van der Waals surface area contributed by atoms with Crippen LogP contribution in [0.25, 0.3) is 0 Å². The monoisotopic (exact) mass is 885 g/mol. The molecule has 2 aromatic carbocycles. The summed E-state index contributed by atoms with van der Waals surface area (Å²) in [5.41, 5.74) is 1.35. The number of hydrogen-bond donors (Lipinski definition) is 2. The second kappa shape index (κ2) is 29.6. The number of carboxylic acid groups (broad SMARTS) is 4. The maximum absolute atomic E-state index is 12.8. The fourth-order valence-electron chi connectivity index (χ4n) is 5.96. The lowest BCUT2D eigenvalue weighted by Gasteiger charge is -2.30. The first-order chi connectivity index (χ1) is 29.9. The number of carbonyl (C=O) groups excluding carboxylic acids is 6. The molecule has 19 nitrogen and oxygen atoms in total. The quantitative estimate of drug-likeness (QED) is 0.0664. The van der Waals surface area contributed by atoms with E-state index in [0.717, 1.165) is 17.7 Å². The van der Waals surface area contributed by atoms with Crippen molar-refractivity contribution >= 4 is 35.7 Å². The molecule has 2 N–H and O–H groups in total. The number of rotatable bonds is 35. The van der Waals surface area contributed by atoms with Crippen molar-refractivity contribution in [1.29, 1.82) is 0 Å². The van der Waals surface area contributed by atoms with Gasteiger partial charge in [-0.1, -0.05) is 34.6 Å². The highest BCUT2D eigenvalue weighted by Gasteiger charge is 2.17. The predicted molar refractivity (Wildman–Crippen MR) is 222 cm³/mol. The van der Waals surface area contributed by atoms with Crippen molar-refractivity contribution in [3.05, 3.63) is 47.5 Å². The Morgan fingerprint density at radius 3 is 1.33 bits per heavy atom. The Labute approximate surface area is 369 Å². The van der Waals surface area contributed by atoms with Crippen LogP contribution in [0.1, 0.15) is 58.6 Å². The van der Waals surface area contributed by atoms with Gasteiger partial charge >= 0.3 is 0 Å². The molecule has 0 heterocycles. The van der Waals surface area contributed by atoms with Gasteiger partial charge in [0.05, 0.1) is 57.4 Å². The van der Waals surface area contributed by atoms with Gasteiger partial charge in [0, 0.05) is 76.9 Å². The van der Waals surface area contributed by atoms with Crippen molar-refractivity contribution in [2.75, 3.05) is 98.4 Å². The van der Waals surface area contributed by atoms with E-state index in [1.807, 2.05) is 39.0 Å².